The molecule has 0 bridgehead atoms. The molecule has 0 spiro atoms. The van der Waals surface area contributed by atoms with Crippen LogP contribution >= 0.6 is 0 Å². The first-order valence-corrected chi connectivity index (χ1v) is 13.3. The minimum Gasteiger partial charge on any atom is -0.469 e. The molecular formula is C31H31F2N5O3. The van der Waals surface area contributed by atoms with Crippen molar-refractivity contribution in [2.24, 2.45) is 5.73 Å². The molecular weight excluding hydrogens is 528 g/mol. The summed E-state index contributed by atoms with van der Waals surface area (Å²) in [6.07, 6.45) is 0.670. The van der Waals surface area contributed by atoms with Crippen LogP contribution in [-0.2, 0) is 22.5 Å². The Morgan fingerprint density at radius 3 is 2.41 bits per heavy atom. The number of hydrogen-bond donors (Lipinski definition) is 2. The number of nitrogens with two attached hydrogens (primary N) is 1. The topological polar surface area (TPSA) is 102 Å². The standard InChI is InChI=1S/C31H31F2N5O3/c1-18-8-7-9-19(2)29(18)38-30(21-14-24(33)26(15-23(21)32)35-31(34)40)22-17-37(13-12-25(22)36-38)27(16-28(39)41-3)20-10-5-4-6-11-20/h4-11,14-15,27H,12-13,16-17H2,1-3H3,(H3,34,35,40). The summed E-state index contributed by atoms with van der Waals surface area (Å²) in [4.78, 5) is 25.9. The third-order valence-corrected chi connectivity index (χ3v) is 7.50. The zero-order valence-corrected chi connectivity index (χ0v) is 23.1. The van der Waals surface area contributed by atoms with Crippen molar-refractivity contribution in [2.75, 3.05) is 19.0 Å². The molecule has 4 aromatic rings. The number of aromatic nitrogens is 2. The summed E-state index contributed by atoms with van der Waals surface area (Å²) in [7, 11) is 1.36. The Bertz CT molecular complexity index is 1600. The van der Waals surface area contributed by atoms with Crippen LogP contribution in [0.4, 0.5) is 19.3 Å². The fourth-order valence-electron chi connectivity index (χ4n) is 5.57. The molecule has 5 rings (SSSR count). The fourth-order valence-corrected chi connectivity index (χ4v) is 5.57. The van der Waals surface area contributed by atoms with Gasteiger partial charge in [-0.1, -0.05) is 48.5 Å². The molecule has 0 saturated heterocycles. The molecule has 1 unspecified atom stereocenters. The second kappa shape index (κ2) is 11.5. The number of esters is 1. The van der Waals surface area contributed by atoms with Gasteiger partial charge < -0.3 is 15.8 Å². The number of urea groups is 1. The number of hydrogen-bond acceptors (Lipinski definition) is 5. The van der Waals surface area contributed by atoms with Crippen LogP contribution in [0.5, 0.6) is 0 Å². The summed E-state index contributed by atoms with van der Waals surface area (Å²) in [5.41, 5.74) is 10.3. The quantitative estimate of drug-likeness (QED) is 0.288. The highest BCUT2D eigenvalue weighted by molar-refractivity contribution is 5.88. The molecule has 1 aliphatic heterocycles. The van der Waals surface area contributed by atoms with Crippen LogP contribution in [0.25, 0.3) is 16.9 Å². The fraction of sp³-hybridized carbons (Fsp3) is 0.258. The zero-order valence-electron chi connectivity index (χ0n) is 23.1. The highest BCUT2D eigenvalue weighted by Gasteiger charge is 2.33. The van der Waals surface area contributed by atoms with E-state index in [0.29, 0.717) is 25.2 Å². The molecule has 1 aliphatic rings. The first kappa shape index (κ1) is 28.0. The lowest BCUT2D eigenvalue weighted by atomic mass is 9.95. The van der Waals surface area contributed by atoms with E-state index in [9.17, 15) is 9.59 Å². The number of carbonyl (C=O) groups is 2. The Morgan fingerprint density at radius 2 is 1.76 bits per heavy atom. The number of ether oxygens (including phenoxy) is 1. The lowest BCUT2D eigenvalue weighted by molar-refractivity contribution is -0.142. The lowest BCUT2D eigenvalue weighted by Gasteiger charge is -2.34. The van der Waals surface area contributed by atoms with Gasteiger partial charge in [-0.2, -0.15) is 5.10 Å². The van der Waals surface area contributed by atoms with E-state index in [0.717, 1.165) is 45.8 Å². The molecule has 8 nitrogen and oxygen atoms in total. The first-order chi connectivity index (χ1) is 19.7. The zero-order chi connectivity index (χ0) is 29.3. The normalized spacial score (nSPS) is 13.9. The van der Waals surface area contributed by atoms with Gasteiger partial charge in [0.2, 0.25) is 0 Å². The molecule has 10 heteroatoms. The summed E-state index contributed by atoms with van der Waals surface area (Å²) in [6.45, 7) is 4.83. The Morgan fingerprint density at radius 1 is 1.05 bits per heavy atom. The van der Waals surface area contributed by atoms with E-state index in [-0.39, 0.29) is 29.7 Å². The summed E-state index contributed by atoms with van der Waals surface area (Å²) < 4.78 is 37.7. The number of halogens is 2. The second-order valence-electron chi connectivity index (χ2n) is 10.2. The Hall–Kier alpha value is -4.57. The summed E-state index contributed by atoms with van der Waals surface area (Å²) in [6, 6.07) is 16.2. The molecule has 3 aromatic carbocycles. The minimum absolute atomic E-state index is 0.00000231. The highest BCUT2D eigenvalue weighted by atomic mass is 19.1. The van der Waals surface area contributed by atoms with Crippen LogP contribution in [0.1, 0.15) is 40.4 Å². The molecule has 0 saturated carbocycles. The van der Waals surface area contributed by atoms with Crippen LogP contribution in [0, 0.1) is 25.5 Å². The van der Waals surface area contributed by atoms with Crippen LogP contribution in [-0.4, -0.2) is 40.3 Å². The maximum Gasteiger partial charge on any atom is 0.316 e. The van der Waals surface area contributed by atoms with E-state index in [1.165, 1.54) is 7.11 Å². The van der Waals surface area contributed by atoms with Gasteiger partial charge >= 0.3 is 12.0 Å². The Balaban J connectivity index is 1.68. The van der Waals surface area contributed by atoms with Crippen LogP contribution < -0.4 is 11.1 Å². The number of primary amides is 1. The molecule has 2 heterocycles. The third-order valence-electron chi connectivity index (χ3n) is 7.50. The van der Waals surface area contributed by atoms with Crippen molar-refractivity contribution >= 4 is 17.7 Å². The number of benzene rings is 3. The SMILES string of the molecule is COC(=O)CC(c1ccccc1)N1CCc2nn(-c3c(C)cccc3C)c(-c3cc(F)c(NC(N)=O)cc3F)c2C1. The number of amides is 2. The van der Waals surface area contributed by atoms with E-state index in [2.05, 4.69) is 10.2 Å². The molecule has 2 amide bonds. The number of carbonyl (C=O) groups excluding carboxylic acids is 2. The van der Waals surface area contributed by atoms with Crippen molar-refractivity contribution in [1.29, 1.82) is 0 Å². The largest absolute Gasteiger partial charge is 0.469 e. The maximum absolute atomic E-state index is 15.8. The van der Waals surface area contributed by atoms with E-state index in [1.807, 2.05) is 62.4 Å². The molecule has 1 aromatic heterocycles. The number of rotatable bonds is 7. The lowest BCUT2D eigenvalue weighted by Crippen LogP contribution is -2.35. The first-order valence-electron chi connectivity index (χ1n) is 13.3. The van der Waals surface area contributed by atoms with Gasteiger partial charge in [-0.15, -0.1) is 0 Å². The average molecular weight is 560 g/mol. The molecule has 41 heavy (non-hydrogen) atoms. The molecule has 212 valence electrons. The molecule has 0 fully saturated rings. The van der Waals surface area contributed by atoms with E-state index < -0.39 is 17.7 Å². The Labute approximate surface area is 236 Å². The van der Waals surface area contributed by atoms with E-state index in [4.69, 9.17) is 15.6 Å². The third kappa shape index (κ3) is 5.55. The van der Waals surface area contributed by atoms with E-state index >= 15 is 8.78 Å². The Kier molecular flexibility index (Phi) is 7.85. The second-order valence-corrected chi connectivity index (χ2v) is 10.2. The minimum atomic E-state index is -0.998. The molecule has 0 radical (unpaired) electrons. The highest BCUT2D eigenvalue weighted by Crippen LogP contribution is 2.39. The molecule has 1 atom stereocenters. The van der Waals surface area contributed by atoms with E-state index in [1.54, 1.807) is 4.68 Å². The van der Waals surface area contributed by atoms with Crippen LogP contribution in [0.15, 0.2) is 60.7 Å². The number of aryl methyl sites for hydroxylation is 2. The number of methoxy groups -OCH3 is 1. The number of nitrogens with one attached hydrogen (secondary N) is 1. The summed E-state index contributed by atoms with van der Waals surface area (Å²) in [5.74, 6) is -1.91. The van der Waals surface area contributed by atoms with Gasteiger partial charge in [0.25, 0.3) is 0 Å². The summed E-state index contributed by atoms with van der Waals surface area (Å²) >= 11 is 0. The van der Waals surface area contributed by atoms with Gasteiger partial charge in [-0.25, -0.2) is 18.3 Å². The number of fused-ring (bicyclic) bond motifs is 1. The van der Waals surface area contributed by atoms with Crippen molar-refractivity contribution in [3.8, 4) is 16.9 Å². The van der Waals surface area contributed by atoms with Gasteiger partial charge in [0.05, 0.1) is 36.3 Å². The molecule has 0 aliphatic carbocycles. The van der Waals surface area contributed by atoms with Crippen LogP contribution in [0.3, 0.4) is 0 Å². The van der Waals surface area contributed by atoms with Gasteiger partial charge in [0, 0.05) is 42.7 Å². The number of nitrogens with zero attached hydrogens (tertiary/aromatic N) is 3. The maximum atomic E-state index is 15.8. The van der Waals surface area contributed by atoms with Gasteiger partial charge in [0.1, 0.15) is 11.6 Å². The molecule has 3 N–H and O–H groups in total. The smallest absolute Gasteiger partial charge is 0.316 e. The van der Waals surface area contributed by atoms with Crippen molar-refractivity contribution < 1.29 is 23.1 Å². The van der Waals surface area contributed by atoms with Crippen molar-refractivity contribution in [3.63, 3.8) is 0 Å². The predicted molar refractivity (Wildman–Crippen MR) is 152 cm³/mol. The van der Waals surface area contributed by atoms with Gasteiger partial charge in [0.15, 0.2) is 0 Å². The van der Waals surface area contributed by atoms with Gasteiger partial charge in [-0.3, -0.25) is 9.69 Å². The monoisotopic (exact) mass is 559 g/mol. The predicted octanol–water partition coefficient (Wildman–Crippen LogP) is 5.59. The van der Waals surface area contributed by atoms with Crippen molar-refractivity contribution in [2.45, 2.75) is 39.3 Å². The van der Waals surface area contributed by atoms with Crippen molar-refractivity contribution in [1.82, 2.24) is 14.7 Å². The van der Waals surface area contributed by atoms with Crippen molar-refractivity contribution in [3.05, 3.63) is 100 Å². The summed E-state index contributed by atoms with van der Waals surface area (Å²) in [5, 5.41) is 7.05. The average Bonchev–Trinajstić information content (AvgIpc) is 3.31. The van der Waals surface area contributed by atoms with Crippen LogP contribution in [0.2, 0.25) is 0 Å². The van der Waals surface area contributed by atoms with Gasteiger partial charge in [-0.05, 0) is 36.6 Å². The number of para-hydroxylation sites is 1. The number of anilines is 1.